The first-order valence-corrected chi connectivity index (χ1v) is 15.1. The summed E-state index contributed by atoms with van der Waals surface area (Å²) in [5.74, 6) is -0.506. The van der Waals surface area contributed by atoms with Crippen molar-refractivity contribution in [2.75, 3.05) is 18.0 Å². The van der Waals surface area contributed by atoms with Gasteiger partial charge in [-0.2, -0.15) is 0 Å². The third-order valence-electron chi connectivity index (χ3n) is 6.56. The summed E-state index contributed by atoms with van der Waals surface area (Å²) in [4.78, 5) is 29.2. The van der Waals surface area contributed by atoms with Crippen molar-refractivity contribution < 1.29 is 22.7 Å². The predicted octanol–water partition coefficient (Wildman–Crippen LogP) is 5.23. The van der Waals surface area contributed by atoms with Crippen LogP contribution < -0.4 is 14.4 Å². The number of nitrogens with one attached hydrogen (secondary N) is 1. The highest BCUT2D eigenvalue weighted by atomic mass is 32.2. The lowest BCUT2D eigenvalue weighted by atomic mass is 10.0. The number of carbonyl (C=O) groups excluding carboxylic acids is 2. The van der Waals surface area contributed by atoms with Crippen LogP contribution in [0.4, 0.5) is 5.69 Å². The van der Waals surface area contributed by atoms with Crippen molar-refractivity contribution in [3.8, 4) is 5.75 Å². The normalized spacial score (nSPS) is 12.4. The molecule has 0 saturated heterocycles. The van der Waals surface area contributed by atoms with Crippen LogP contribution in [0.5, 0.6) is 5.75 Å². The van der Waals surface area contributed by atoms with Crippen LogP contribution in [0.2, 0.25) is 0 Å². The summed E-state index contributed by atoms with van der Waals surface area (Å²) in [5, 5.41) is 2.98. The maximum Gasteiger partial charge on any atom is 0.264 e. The summed E-state index contributed by atoms with van der Waals surface area (Å²) in [5.41, 5.74) is 2.47. The van der Waals surface area contributed by atoms with Crippen LogP contribution in [0.25, 0.3) is 0 Å². The molecule has 0 radical (unpaired) electrons. The first-order chi connectivity index (χ1) is 19.3. The van der Waals surface area contributed by atoms with Crippen molar-refractivity contribution in [3.05, 3.63) is 89.5 Å². The lowest BCUT2D eigenvalue weighted by Crippen LogP contribution is -2.55. The van der Waals surface area contributed by atoms with E-state index in [0.717, 1.165) is 21.0 Å². The highest BCUT2D eigenvalue weighted by molar-refractivity contribution is 7.92. The minimum Gasteiger partial charge on any atom is -0.495 e. The second-order valence-electron chi connectivity index (χ2n) is 11.2. The van der Waals surface area contributed by atoms with Crippen LogP contribution in [0.3, 0.4) is 0 Å². The molecule has 1 N–H and O–H groups in total. The lowest BCUT2D eigenvalue weighted by Gasteiger charge is -2.35. The molecule has 0 aromatic heterocycles. The van der Waals surface area contributed by atoms with Gasteiger partial charge < -0.3 is 15.0 Å². The number of anilines is 1. The molecule has 0 heterocycles. The van der Waals surface area contributed by atoms with E-state index in [1.807, 2.05) is 65.8 Å². The second kappa shape index (κ2) is 13.2. The summed E-state index contributed by atoms with van der Waals surface area (Å²) in [6, 6.07) is 20.0. The van der Waals surface area contributed by atoms with Gasteiger partial charge in [-0.25, -0.2) is 8.42 Å². The molecule has 0 aliphatic heterocycles. The smallest absolute Gasteiger partial charge is 0.264 e. The van der Waals surface area contributed by atoms with Gasteiger partial charge >= 0.3 is 0 Å². The molecule has 0 saturated carbocycles. The van der Waals surface area contributed by atoms with Gasteiger partial charge in [0.25, 0.3) is 10.0 Å². The monoisotopic (exact) mass is 579 g/mol. The van der Waals surface area contributed by atoms with Gasteiger partial charge in [0.15, 0.2) is 0 Å². The molecule has 0 spiro atoms. The molecule has 9 heteroatoms. The Balaban J connectivity index is 2.11. The average molecular weight is 580 g/mol. The fraction of sp³-hybridized carbons (Fsp3) is 0.375. The molecular formula is C32H41N3O5S. The van der Waals surface area contributed by atoms with E-state index in [-0.39, 0.29) is 23.0 Å². The predicted molar refractivity (Wildman–Crippen MR) is 162 cm³/mol. The molecule has 3 aromatic rings. The Morgan fingerprint density at radius 3 is 2.17 bits per heavy atom. The molecule has 3 aromatic carbocycles. The minimum absolute atomic E-state index is 0.0459. The Morgan fingerprint density at radius 2 is 1.59 bits per heavy atom. The van der Waals surface area contributed by atoms with E-state index in [0.29, 0.717) is 12.2 Å². The van der Waals surface area contributed by atoms with Crippen LogP contribution in [0, 0.1) is 13.8 Å². The maximum absolute atomic E-state index is 14.2. The number of ether oxygens (including phenoxy) is 1. The molecule has 41 heavy (non-hydrogen) atoms. The molecule has 8 nitrogen and oxygen atoms in total. The molecule has 1 unspecified atom stereocenters. The van der Waals surface area contributed by atoms with Gasteiger partial charge in [0, 0.05) is 12.1 Å². The zero-order chi connectivity index (χ0) is 30.4. The summed E-state index contributed by atoms with van der Waals surface area (Å²) in [7, 11) is -2.74. The van der Waals surface area contributed by atoms with Gasteiger partial charge in [0.1, 0.15) is 18.3 Å². The molecule has 0 bridgehead atoms. The summed E-state index contributed by atoms with van der Waals surface area (Å²) in [6.45, 7) is 10.9. The van der Waals surface area contributed by atoms with Gasteiger partial charge in [-0.05, 0) is 70.9 Å². The van der Waals surface area contributed by atoms with Crippen molar-refractivity contribution >= 4 is 27.5 Å². The standard InChI is InChI=1S/C32H41N3O5S/c1-8-27(31(37)33-32(4,5)6)34(21-25-13-11-12-24(3)20-25)30(36)22-35(28-14-9-10-15-29(28)40-7)41(38,39)26-18-16-23(2)17-19-26/h9-20,27H,8,21-22H2,1-7H3,(H,33,37). The number of methoxy groups -OCH3 is 1. The van der Waals surface area contributed by atoms with Crippen LogP contribution in [0.15, 0.2) is 77.7 Å². The molecular weight excluding hydrogens is 538 g/mol. The third kappa shape index (κ3) is 8.10. The SMILES string of the molecule is CCC(C(=O)NC(C)(C)C)N(Cc1cccc(C)c1)C(=O)CN(c1ccccc1OC)S(=O)(=O)c1ccc(C)cc1. The summed E-state index contributed by atoms with van der Waals surface area (Å²) in [6.07, 6.45) is 0.346. The Morgan fingerprint density at radius 1 is 0.927 bits per heavy atom. The van der Waals surface area contributed by atoms with E-state index >= 15 is 0 Å². The fourth-order valence-corrected chi connectivity index (χ4v) is 5.99. The van der Waals surface area contributed by atoms with E-state index < -0.39 is 34.1 Å². The zero-order valence-corrected chi connectivity index (χ0v) is 25.8. The van der Waals surface area contributed by atoms with Crippen molar-refractivity contribution in [1.82, 2.24) is 10.2 Å². The Kier molecular flexibility index (Phi) is 10.2. The number of hydrogen-bond donors (Lipinski definition) is 1. The Hall–Kier alpha value is -3.85. The van der Waals surface area contributed by atoms with Crippen LogP contribution in [0.1, 0.15) is 50.8 Å². The molecule has 0 aliphatic rings. The lowest BCUT2D eigenvalue weighted by molar-refractivity contribution is -0.141. The minimum atomic E-state index is -4.19. The van der Waals surface area contributed by atoms with Crippen LogP contribution in [-0.2, 0) is 26.2 Å². The van der Waals surface area contributed by atoms with Crippen molar-refractivity contribution in [1.29, 1.82) is 0 Å². The van der Waals surface area contributed by atoms with E-state index in [1.54, 1.807) is 36.4 Å². The average Bonchev–Trinajstić information content (AvgIpc) is 2.90. The Labute approximate surface area is 244 Å². The number of nitrogens with zero attached hydrogens (tertiary/aromatic N) is 2. The first kappa shape index (κ1) is 31.7. The number of amides is 2. The van der Waals surface area contributed by atoms with Gasteiger partial charge in [-0.3, -0.25) is 13.9 Å². The second-order valence-corrected chi connectivity index (χ2v) is 13.0. The zero-order valence-electron chi connectivity index (χ0n) is 25.0. The quantitative estimate of drug-likeness (QED) is 0.336. The van der Waals surface area contributed by atoms with E-state index in [2.05, 4.69) is 5.32 Å². The number of rotatable bonds is 11. The highest BCUT2D eigenvalue weighted by Gasteiger charge is 2.35. The molecule has 1 atom stereocenters. The van der Waals surface area contributed by atoms with Gasteiger partial charge in [-0.15, -0.1) is 0 Å². The molecule has 0 fully saturated rings. The number of para-hydroxylation sites is 2. The Bertz CT molecular complexity index is 1460. The van der Waals surface area contributed by atoms with E-state index in [4.69, 9.17) is 4.74 Å². The van der Waals surface area contributed by atoms with Gasteiger partial charge in [0.05, 0.1) is 17.7 Å². The number of sulfonamides is 1. The summed E-state index contributed by atoms with van der Waals surface area (Å²) >= 11 is 0. The van der Waals surface area contributed by atoms with Gasteiger partial charge in [0.2, 0.25) is 11.8 Å². The number of carbonyl (C=O) groups is 2. The van der Waals surface area contributed by atoms with E-state index in [9.17, 15) is 18.0 Å². The van der Waals surface area contributed by atoms with Crippen molar-refractivity contribution in [2.24, 2.45) is 0 Å². The number of benzene rings is 3. The fourth-order valence-electron chi connectivity index (χ4n) is 4.57. The van der Waals surface area contributed by atoms with Crippen LogP contribution >= 0.6 is 0 Å². The first-order valence-electron chi connectivity index (χ1n) is 13.7. The number of aryl methyl sites for hydroxylation is 2. The van der Waals surface area contributed by atoms with Gasteiger partial charge in [-0.1, -0.05) is 66.6 Å². The molecule has 3 rings (SSSR count). The molecule has 2 amide bonds. The molecule has 0 aliphatic carbocycles. The largest absolute Gasteiger partial charge is 0.495 e. The third-order valence-corrected chi connectivity index (χ3v) is 8.34. The summed E-state index contributed by atoms with van der Waals surface area (Å²) < 4.78 is 34.7. The number of hydrogen-bond acceptors (Lipinski definition) is 5. The topological polar surface area (TPSA) is 96.0 Å². The highest BCUT2D eigenvalue weighted by Crippen LogP contribution is 2.32. The van der Waals surface area contributed by atoms with Crippen molar-refractivity contribution in [2.45, 2.75) is 71.0 Å². The van der Waals surface area contributed by atoms with Crippen molar-refractivity contribution in [3.63, 3.8) is 0 Å². The van der Waals surface area contributed by atoms with E-state index in [1.165, 1.54) is 24.1 Å². The maximum atomic E-state index is 14.2. The van der Waals surface area contributed by atoms with Crippen LogP contribution in [-0.4, -0.2) is 50.4 Å². The molecule has 220 valence electrons.